The quantitative estimate of drug-likeness (QED) is 0.516. The lowest BCUT2D eigenvalue weighted by molar-refractivity contribution is 0.106. The van der Waals surface area contributed by atoms with Gasteiger partial charge >= 0.3 is 0 Å². The number of hydrogen-bond acceptors (Lipinski definition) is 5. The largest absolute Gasteiger partial charge is 0.490 e. The standard InChI is InChI=1S/C15H24BrNO3S/c1-12-3-4-15(14(16)9-12)20-11-13(19)10-17-5-8-21-7-2-6-18/h3-4,9,13,17-19H,2,5-8,10-11H2,1H3. The summed E-state index contributed by atoms with van der Waals surface area (Å²) in [6.45, 7) is 3.91. The molecule has 1 aromatic carbocycles. The van der Waals surface area contributed by atoms with E-state index in [4.69, 9.17) is 9.84 Å². The van der Waals surface area contributed by atoms with Crippen molar-refractivity contribution in [1.82, 2.24) is 5.32 Å². The van der Waals surface area contributed by atoms with Gasteiger partial charge in [-0.05, 0) is 52.7 Å². The second-order valence-corrected chi connectivity index (χ2v) is 6.87. The minimum absolute atomic E-state index is 0.255. The zero-order chi connectivity index (χ0) is 15.5. The monoisotopic (exact) mass is 377 g/mol. The molecule has 21 heavy (non-hydrogen) atoms. The van der Waals surface area contributed by atoms with Gasteiger partial charge in [0.25, 0.3) is 0 Å². The fourth-order valence-corrected chi connectivity index (χ4v) is 3.08. The molecular weight excluding hydrogens is 354 g/mol. The molecule has 4 nitrogen and oxygen atoms in total. The maximum atomic E-state index is 9.85. The van der Waals surface area contributed by atoms with Crippen molar-refractivity contribution in [1.29, 1.82) is 0 Å². The number of thioether (sulfide) groups is 1. The van der Waals surface area contributed by atoms with Crippen LogP contribution in [0.2, 0.25) is 0 Å². The van der Waals surface area contributed by atoms with Gasteiger partial charge in [-0.3, -0.25) is 0 Å². The second kappa shape index (κ2) is 11.3. The SMILES string of the molecule is Cc1ccc(OCC(O)CNCCSCCCO)c(Br)c1. The van der Waals surface area contributed by atoms with Crippen LogP contribution in [0.1, 0.15) is 12.0 Å². The Bertz CT molecular complexity index is 407. The number of hydrogen-bond donors (Lipinski definition) is 3. The molecule has 0 saturated heterocycles. The molecule has 0 bridgehead atoms. The van der Waals surface area contributed by atoms with Crippen molar-refractivity contribution in [2.75, 3.05) is 37.8 Å². The molecule has 0 aliphatic rings. The highest BCUT2D eigenvalue weighted by molar-refractivity contribution is 9.10. The van der Waals surface area contributed by atoms with E-state index in [1.165, 1.54) is 0 Å². The Labute approximate surface area is 139 Å². The first-order chi connectivity index (χ1) is 10.1. The van der Waals surface area contributed by atoms with Gasteiger partial charge < -0.3 is 20.3 Å². The summed E-state index contributed by atoms with van der Waals surface area (Å²) in [5.41, 5.74) is 1.16. The van der Waals surface area contributed by atoms with Crippen LogP contribution in [0, 0.1) is 6.92 Å². The van der Waals surface area contributed by atoms with Crippen molar-refractivity contribution < 1.29 is 14.9 Å². The minimum atomic E-state index is -0.527. The van der Waals surface area contributed by atoms with Crippen molar-refractivity contribution in [3.63, 3.8) is 0 Å². The summed E-state index contributed by atoms with van der Waals surface area (Å²) in [5, 5.41) is 21.7. The molecule has 1 rings (SSSR count). The Kier molecular flexibility index (Phi) is 10.1. The zero-order valence-electron chi connectivity index (χ0n) is 12.3. The van der Waals surface area contributed by atoms with E-state index in [1.54, 1.807) is 11.8 Å². The van der Waals surface area contributed by atoms with Crippen LogP contribution < -0.4 is 10.1 Å². The number of aliphatic hydroxyl groups excluding tert-OH is 2. The minimum Gasteiger partial charge on any atom is -0.490 e. The highest BCUT2D eigenvalue weighted by Crippen LogP contribution is 2.25. The lowest BCUT2D eigenvalue weighted by atomic mass is 10.2. The maximum absolute atomic E-state index is 9.85. The van der Waals surface area contributed by atoms with E-state index >= 15 is 0 Å². The van der Waals surface area contributed by atoms with Gasteiger partial charge in [0.15, 0.2) is 0 Å². The average Bonchev–Trinajstić information content (AvgIpc) is 2.45. The fourth-order valence-electron chi connectivity index (χ4n) is 1.65. The average molecular weight is 378 g/mol. The second-order valence-electron chi connectivity index (χ2n) is 4.79. The molecule has 0 heterocycles. The smallest absolute Gasteiger partial charge is 0.133 e. The molecule has 0 radical (unpaired) electrons. The number of nitrogens with one attached hydrogen (secondary N) is 1. The van der Waals surface area contributed by atoms with E-state index in [1.807, 2.05) is 25.1 Å². The first-order valence-electron chi connectivity index (χ1n) is 7.10. The molecule has 0 fully saturated rings. The Hall–Kier alpha value is -0.270. The summed E-state index contributed by atoms with van der Waals surface area (Å²) in [4.78, 5) is 0. The van der Waals surface area contributed by atoms with Crippen LogP contribution in [-0.2, 0) is 0 Å². The predicted octanol–water partition coefficient (Wildman–Crippen LogP) is 2.20. The fraction of sp³-hybridized carbons (Fsp3) is 0.600. The molecule has 120 valence electrons. The third kappa shape index (κ3) is 8.68. The number of halogens is 1. The van der Waals surface area contributed by atoms with E-state index in [2.05, 4.69) is 21.2 Å². The van der Waals surface area contributed by atoms with Crippen molar-refractivity contribution in [2.45, 2.75) is 19.4 Å². The van der Waals surface area contributed by atoms with Crippen LogP contribution >= 0.6 is 27.7 Å². The van der Waals surface area contributed by atoms with E-state index in [0.717, 1.165) is 40.3 Å². The van der Waals surface area contributed by atoms with Crippen molar-refractivity contribution in [3.05, 3.63) is 28.2 Å². The molecule has 0 amide bonds. The van der Waals surface area contributed by atoms with Crippen LogP contribution in [0.3, 0.4) is 0 Å². The van der Waals surface area contributed by atoms with Crippen LogP contribution in [0.5, 0.6) is 5.75 Å². The number of aryl methyl sites for hydroxylation is 1. The number of rotatable bonds is 11. The first-order valence-corrected chi connectivity index (χ1v) is 9.04. The molecule has 0 aromatic heterocycles. The van der Waals surface area contributed by atoms with Gasteiger partial charge in [0.1, 0.15) is 18.5 Å². The lowest BCUT2D eigenvalue weighted by Gasteiger charge is -2.14. The van der Waals surface area contributed by atoms with Crippen LogP contribution in [-0.4, -0.2) is 54.1 Å². The van der Waals surface area contributed by atoms with Gasteiger partial charge in [0.2, 0.25) is 0 Å². The molecule has 6 heteroatoms. The van der Waals surface area contributed by atoms with Gasteiger partial charge in [-0.2, -0.15) is 11.8 Å². The Morgan fingerprint density at radius 3 is 2.90 bits per heavy atom. The van der Waals surface area contributed by atoms with E-state index in [9.17, 15) is 5.11 Å². The third-order valence-electron chi connectivity index (χ3n) is 2.77. The van der Waals surface area contributed by atoms with Crippen LogP contribution in [0.4, 0.5) is 0 Å². The number of ether oxygens (including phenoxy) is 1. The highest BCUT2D eigenvalue weighted by atomic mass is 79.9. The molecule has 1 atom stereocenters. The topological polar surface area (TPSA) is 61.7 Å². The Balaban J connectivity index is 2.09. The summed E-state index contributed by atoms with van der Waals surface area (Å²) < 4.78 is 6.50. The summed E-state index contributed by atoms with van der Waals surface area (Å²) in [7, 11) is 0. The molecule has 0 saturated carbocycles. The predicted molar refractivity (Wildman–Crippen MR) is 92.3 cm³/mol. The first kappa shape index (κ1) is 18.8. The summed E-state index contributed by atoms with van der Waals surface area (Å²) in [6.07, 6.45) is 0.313. The number of benzene rings is 1. The maximum Gasteiger partial charge on any atom is 0.133 e. The molecule has 0 aliphatic heterocycles. The molecule has 1 aromatic rings. The van der Waals surface area contributed by atoms with E-state index in [0.29, 0.717) is 6.54 Å². The van der Waals surface area contributed by atoms with Crippen molar-refractivity contribution in [2.24, 2.45) is 0 Å². The molecule has 3 N–H and O–H groups in total. The Morgan fingerprint density at radius 2 is 2.19 bits per heavy atom. The van der Waals surface area contributed by atoms with Crippen molar-refractivity contribution >= 4 is 27.7 Å². The van der Waals surface area contributed by atoms with Gasteiger partial charge in [-0.25, -0.2) is 0 Å². The summed E-state index contributed by atoms with van der Waals surface area (Å²) in [5.74, 6) is 2.71. The van der Waals surface area contributed by atoms with Gasteiger partial charge in [0, 0.05) is 25.4 Å². The number of aliphatic hydroxyl groups is 2. The van der Waals surface area contributed by atoms with Crippen LogP contribution in [0.25, 0.3) is 0 Å². The Morgan fingerprint density at radius 1 is 1.38 bits per heavy atom. The summed E-state index contributed by atoms with van der Waals surface area (Å²) >= 11 is 5.25. The van der Waals surface area contributed by atoms with Gasteiger partial charge in [-0.1, -0.05) is 6.07 Å². The molecule has 0 spiro atoms. The van der Waals surface area contributed by atoms with Crippen molar-refractivity contribution in [3.8, 4) is 5.75 Å². The van der Waals surface area contributed by atoms with Gasteiger partial charge in [-0.15, -0.1) is 0 Å². The molecule has 1 unspecified atom stereocenters. The molecule has 0 aliphatic carbocycles. The van der Waals surface area contributed by atoms with Crippen LogP contribution in [0.15, 0.2) is 22.7 Å². The lowest BCUT2D eigenvalue weighted by Crippen LogP contribution is -2.32. The molecular formula is C15H24BrNO3S. The highest BCUT2D eigenvalue weighted by Gasteiger charge is 2.07. The normalized spacial score (nSPS) is 12.4. The van der Waals surface area contributed by atoms with E-state index in [-0.39, 0.29) is 13.2 Å². The third-order valence-corrected chi connectivity index (χ3v) is 4.46. The summed E-state index contributed by atoms with van der Waals surface area (Å²) in [6, 6.07) is 5.87. The van der Waals surface area contributed by atoms with Gasteiger partial charge in [0.05, 0.1) is 4.47 Å². The zero-order valence-corrected chi connectivity index (χ0v) is 14.8. The van der Waals surface area contributed by atoms with E-state index < -0.39 is 6.10 Å².